The maximum absolute atomic E-state index is 11.8. The van der Waals surface area contributed by atoms with Crippen LogP contribution in [0.2, 0.25) is 0 Å². The molecule has 3 aromatic rings. The number of carbonyl (C=O) groups excluding carboxylic acids is 1. The van der Waals surface area contributed by atoms with Crippen LogP contribution < -0.4 is 5.32 Å². The minimum atomic E-state index is -0.160. The maximum Gasteiger partial charge on any atom is 0.230 e. The molecule has 0 unspecified atom stereocenters. The van der Waals surface area contributed by atoms with E-state index in [9.17, 15) is 4.79 Å². The zero-order chi connectivity index (χ0) is 13.2. The number of nitrogens with zero attached hydrogens (tertiary/aromatic N) is 2. The van der Waals surface area contributed by atoms with E-state index in [0.29, 0.717) is 17.2 Å². The lowest BCUT2D eigenvalue weighted by molar-refractivity contribution is -0.115. The van der Waals surface area contributed by atoms with Gasteiger partial charge < -0.3 is 14.3 Å². The summed E-state index contributed by atoms with van der Waals surface area (Å²) < 4.78 is 10.1. The Labute approximate surface area is 108 Å². The Morgan fingerprint density at radius 2 is 2.26 bits per heavy atom. The molecule has 0 saturated carbocycles. The van der Waals surface area contributed by atoms with Crippen LogP contribution in [-0.4, -0.2) is 16.0 Å². The highest BCUT2D eigenvalue weighted by molar-refractivity contribution is 5.91. The fraction of sp³-hybridized carbons (Fsp3) is 0.154. The standard InChI is InChI=1S/C13H11N3O3/c1-8-4-12(16-19-8)15-13(17)6-9-2-3-10-11(5-9)18-7-14-10/h2-5,7H,6H2,1H3,(H,15,16,17). The number of hydrogen-bond acceptors (Lipinski definition) is 5. The molecule has 0 saturated heterocycles. The molecule has 19 heavy (non-hydrogen) atoms. The molecule has 1 aromatic carbocycles. The van der Waals surface area contributed by atoms with Crippen molar-refractivity contribution in [1.82, 2.24) is 10.1 Å². The Morgan fingerprint density at radius 1 is 1.37 bits per heavy atom. The number of rotatable bonds is 3. The normalized spacial score (nSPS) is 10.8. The van der Waals surface area contributed by atoms with Crippen LogP contribution in [-0.2, 0) is 11.2 Å². The van der Waals surface area contributed by atoms with E-state index in [2.05, 4.69) is 15.5 Å². The Kier molecular flexibility index (Phi) is 2.75. The number of nitrogens with one attached hydrogen (secondary N) is 1. The van der Waals surface area contributed by atoms with E-state index < -0.39 is 0 Å². The van der Waals surface area contributed by atoms with Crippen molar-refractivity contribution in [3.63, 3.8) is 0 Å². The van der Waals surface area contributed by atoms with E-state index in [-0.39, 0.29) is 12.3 Å². The summed E-state index contributed by atoms with van der Waals surface area (Å²) in [5, 5.41) is 6.37. The number of amides is 1. The molecule has 0 bridgehead atoms. The largest absolute Gasteiger partial charge is 0.443 e. The molecule has 0 aliphatic rings. The Hall–Kier alpha value is -2.63. The molecular weight excluding hydrogens is 246 g/mol. The van der Waals surface area contributed by atoms with Crippen molar-refractivity contribution in [1.29, 1.82) is 0 Å². The van der Waals surface area contributed by atoms with Crippen LogP contribution in [0.4, 0.5) is 5.82 Å². The average Bonchev–Trinajstić information content (AvgIpc) is 2.97. The number of aromatic nitrogens is 2. The van der Waals surface area contributed by atoms with Gasteiger partial charge in [-0.2, -0.15) is 0 Å². The average molecular weight is 257 g/mol. The number of fused-ring (bicyclic) bond motifs is 1. The van der Waals surface area contributed by atoms with Gasteiger partial charge in [-0.3, -0.25) is 4.79 Å². The van der Waals surface area contributed by atoms with Crippen molar-refractivity contribution < 1.29 is 13.7 Å². The van der Waals surface area contributed by atoms with Crippen molar-refractivity contribution in [3.8, 4) is 0 Å². The van der Waals surface area contributed by atoms with Crippen LogP contribution in [0.3, 0.4) is 0 Å². The van der Waals surface area contributed by atoms with Gasteiger partial charge in [0.15, 0.2) is 17.8 Å². The molecule has 0 aliphatic carbocycles. The highest BCUT2D eigenvalue weighted by Gasteiger charge is 2.08. The fourth-order valence-electron chi connectivity index (χ4n) is 1.81. The summed E-state index contributed by atoms with van der Waals surface area (Å²) in [5.74, 6) is 0.911. The Morgan fingerprint density at radius 3 is 3.05 bits per heavy atom. The smallest absolute Gasteiger partial charge is 0.230 e. The van der Waals surface area contributed by atoms with Crippen molar-refractivity contribution in [2.24, 2.45) is 0 Å². The highest BCUT2D eigenvalue weighted by Crippen LogP contribution is 2.15. The van der Waals surface area contributed by atoms with Gasteiger partial charge in [-0.25, -0.2) is 4.98 Å². The molecule has 6 heteroatoms. The van der Waals surface area contributed by atoms with Gasteiger partial charge in [-0.1, -0.05) is 11.2 Å². The zero-order valence-electron chi connectivity index (χ0n) is 10.2. The van der Waals surface area contributed by atoms with Crippen LogP contribution in [0.15, 0.2) is 39.6 Å². The Balaban J connectivity index is 1.71. The second-order valence-corrected chi connectivity index (χ2v) is 4.20. The summed E-state index contributed by atoms with van der Waals surface area (Å²) in [6, 6.07) is 7.13. The molecule has 0 atom stereocenters. The minimum Gasteiger partial charge on any atom is -0.443 e. The third-order valence-corrected chi connectivity index (χ3v) is 2.66. The van der Waals surface area contributed by atoms with Gasteiger partial charge in [0.05, 0.1) is 6.42 Å². The fourth-order valence-corrected chi connectivity index (χ4v) is 1.81. The van der Waals surface area contributed by atoms with Crippen LogP contribution in [0.5, 0.6) is 0 Å². The van der Waals surface area contributed by atoms with Crippen LogP contribution in [0.1, 0.15) is 11.3 Å². The maximum atomic E-state index is 11.8. The van der Waals surface area contributed by atoms with Crippen molar-refractivity contribution in [2.75, 3.05) is 5.32 Å². The molecule has 1 N–H and O–H groups in total. The van der Waals surface area contributed by atoms with Crippen LogP contribution >= 0.6 is 0 Å². The molecule has 1 amide bonds. The summed E-state index contributed by atoms with van der Waals surface area (Å²) in [4.78, 5) is 15.8. The second-order valence-electron chi connectivity index (χ2n) is 4.20. The van der Waals surface area contributed by atoms with E-state index in [1.165, 1.54) is 6.39 Å². The Bertz CT molecular complexity index is 729. The number of hydrogen-bond donors (Lipinski definition) is 1. The first-order valence-electron chi connectivity index (χ1n) is 5.76. The lowest BCUT2D eigenvalue weighted by Crippen LogP contribution is -2.14. The van der Waals surface area contributed by atoms with Gasteiger partial charge in [0.1, 0.15) is 11.3 Å². The quantitative estimate of drug-likeness (QED) is 0.778. The third-order valence-electron chi connectivity index (χ3n) is 2.66. The lowest BCUT2D eigenvalue weighted by Gasteiger charge is -2.01. The van der Waals surface area contributed by atoms with E-state index in [1.54, 1.807) is 19.1 Å². The van der Waals surface area contributed by atoms with Crippen molar-refractivity contribution in [2.45, 2.75) is 13.3 Å². The summed E-state index contributed by atoms with van der Waals surface area (Å²) in [6.45, 7) is 1.76. The van der Waals surface area contributed by atoms with E-state index in [1.807, 2.05) is 12.1 Å². The number of aryl methyl sites for hydroxylation is 1. The summed E-state index contributed by atoms with van der Waals surface area (Å²) in [7, 11) is 0. The van der Waals surface area contributed by atoms with Gasteiger partial charge in [-0.05, 0) is 24.6 Å². The van der Waals surface area contributed by atoms with Gasteiger partial charge in [-0.15, -0.1) is 0 Å². The predicted octanol–water partition coefficient (Wildman–Crippen LogP) is 2.31. The zero-order valence-corrected chi connectivity index (χ0v) is 10.2. The lowest BCUT2D eigenvalue weighted by atomic mass is 10.1. The van der Waals surface area contributed by atoms with Crippen LogP contribution in [0.25, 0.3) is 11.1 Å². The van der Waals surface area contributed by atoms with Crippen LogP contribution in [0, 0.1) is 6.92 Å². The molecule has 0 radical (unpaired) electrons. The van der Waals surface area contributed by atoms with E-state index in [4.69, 9.17) is 8.94 Å². The number of carbonyl (C=O) groups is 1. The molecule has 2 aromatic heterocycles. The van der Waals surface area contributed by atoms with E-state index in [0.717, 1.165) is 11.1 Å². The first-order chi connectivity index (χ1) is 9.20. The van der Waals surface area contributed by atoms with Gasteiger partial charge in [0, 0.05) is 6.07 Å². The summed E-state index contributed by atoms with van der Waals surface area (Å²) in [5.41, 5.74) is 2.29. The molecule has 2 heterocycles. The van der Waals surface area contributed by atoms with Gasteiger partial charge >= 0.3 is 0 Å². The molecular formula is C13H11N3O3. The number of anilines is 1. The molecule has 3 rings (SSSR count). The topological polar surface area (TPSA) is 81.2 Å². The predicted molar refractivity (Wildman–Crippen MR) is 67.6 cm³/mol. The molecule has 6 nitrogen and oxygen atoms in total. The minimum absolute atomic E-state index is 0.160. The van der Waals surface area contributed by atoms with Gasteiger partial charge in [0.2, 0.25) is 5.91 Å². The number of oxazole rings is 1. The molecule has 0 aliphatic heterocycles. The summed E-state index contributed by atoms with van der Waals surface area (Å²) >= 11 is 0. The molecule has 96 valence electrons. The monoisotopic (exact) mass is 257 g/mol. The van der Waals surface area contributed by atoms with Crippen molar-refractivity contribution >= 4 is 22.8 Å². The second kappa shape index (κ2) is 4.56. The third kappa shape index (κ3) is 2.47. The first-order valence-corrected chi connectivity index (χ1v) is 5.76. The highest BCUT2D eigenvalue weighted by atomic mass is 16.5. The first kappa shape index (κ1) is 11.5. The SMILES string of the molecule is Cc1cc(NC(=O)Cc2ccc3ncoc3c2)no1. The molecule has 0 fully saturated rings. The summed E-state index contributed by atoms with van der Waals surface area (Å²) in [6.07, 6.45) is 1.62. The number of benzene rings is 1. The molecule has 0 spiro atoms. The van der Waals surface area contributed by atoms with Crippen molar-refractivity contribution in [3.05, 3.63) is 42.0 Å². The van der Waals surface area contributed by atoms with Gasteiger partial charge in [0.25, 0.3) is 0 Å². The van der Waals surface area contributed by atoms with E-state index >= 15 is 0 Å².